The van der Waals surface area contributed by atoms with Gasteiger partial charge < -0.3 is 4.98 Å². The highest BCUT2D eigenvalue weighted by molar-refractivity contribution is 7.07. The molecule has 8 heteroatoms. The van der Waals surface area contributed by atoms with Crippen LogP contribution in [0.15, 0.2) is 76.5 Å². The van der Waals surface area contributed by atoms with E-state index < -0.39 is 0 Å². The molecule has 0 spiro atoms. The van der Waals surface area contributed by atoms with Crippen LogP contribution in [0.5, 0.6) is 0 Å². The molecule has 134 valence electrons. The molecule has 0 radical (unpaired) electrons. The summed E-state index contributed by atoms with van der Waals surface area (Å²) in [5.41, 5.74) is 3.21. The SMILES string of the molecule is Clc1ccc(Cl)c(-c2csc(=Nc3cccnc3)n2N=Cc2ccc[nH]2)c1. The summed E-state index contributed by atoms with van der Waals surface area (Å²) in [5.74, 6) is 0. The minimum atomic E-state index is 0.592. The molecule has 0 amide bonds. The van der Waals surface area contributed by atoms with Crippen LogP contribution in [0.1, 0.15) is 5.69 Å². The maximum Gasteiger partial charge on any atom is 0.211 e. The first-order valence-electron chi connectivity index (χ1n) is 7.99. The third kappa shape index (κ3) is 4.03. The molecule has 4 aromatic rings. The summed E-state index contributed by atoms with van der Waals surface area (Å²) in [5, 5.41) is 7.76. The minimum Gasteiger partial charge on any atom is -0.360 e. The average molecular weight is 414 g/mol. The third-order valence-electron chi connectivity index (χ3n) is 3.69. The van der Waals surface area contributed by atoms with Gasteiger partial charge in [-0.05, 0) is 42.5 Å². The van der Waals surface area contributed by atoms with Crippen molar-refractivity contribution in [2.75, 3.05) is 0 Å². The van der Waals surface area contributed by atoms with E-state index in [-0.39, 0.29) is 0 Å². The van der Waals surface area contributed by atoms with Crippen molar-refractivity contribution in [2.24, 2.45) is 10.1 Å². The van der Waals surface area contributed by atoms with Gasteiger partial charge in [-0.2, -0.15) is 5.10 Å². The lowest BCUT2D eigenvalue weighted by Gasteiger charge is -2.06. The minimum absolute atomic E-state index is 0.592. The second kappa shape index (κ2) is 7.92. The van der Waals surface area contributed by atoms with E-state index in [1.54, 1.807) is 35.4 Å². The number of halogens is 2. The van der Waals surface area contributed by atoms with Crippen LogP contribution in [0.2, 0.25) is 10.0 Å². The molecule has 1 aromatic carbocycles. The van der Waals surface area contributed by atoms with Gasteiger partial charge in [0, 0.05) is 28.4 Å². The van der Waals surface area contributed by atoms with E-state index in [1.807, 2.05) is 41.9 Å². The van der Waals surface area contributed by atoms with Crippen molar-refractivity contribution in [3.63, 3.8) is 0 Å². The van der Waals surface area contributed by atoms with Gasteiger partial charge in [0.15, 0.2) is 0 Å². The van der Waals surface area contributed by atoms with Crippen LogP contribution in [0.3, 0.4) is 0 Å². The summed E-state index contributed by atoms with van der Waals surface area (Å²) in [6.45, 7) is 0. The van der Waals surface area contributed by atoms with E-state index in [2.05, 4.69) is 20.1 Å². The molecule has 1 N–H and O–H groups in total. The fourth-order valence-electron chi connectivity index (χ4n) is 2.44. The molecule has 0 bridgehead atoms. The van der Waals surface area contributed by atoms with Crippen LogP contribution < -0.4 is 4.80 Å². The Morgan fingerprint density at radius 2 is 2.07 bits per heavy atom. The summed E-state index contributed by atoms with van der Waals surface area (Å²) in [7, 11) is 0. The van der Waals surface area contributed by atoms with E-state index in [1.165, 1.54) is 11.3 Å². The summed E-state index contributed by atoms with van der Waals surface area (Å²) in [4.78, 5) is 12.6. The molecule has 0 aliphatic heterocycles. The van der Waals surface area contributed by atoms with Crippen molar-refractivity contribution < 1.29 is 0 Å². The molecular formula is C19H13Cl2N5S. The molecule has 4 rings (SSSR count). The first kappa shape index (κ1) is 17.7. The Morgan fingerprint density at radius 3 is 2.85 bits per heavy atom. The van der Waals surface area contributed by atoms with E-state index >= 15 is 0 Å². The quantitative estimate of drug-likeness (QED) is 0.449. The van der Waals surface area contributed by atoms with E-state index in [0.717, 1.165) is 22.6 Å². The van der Waals surface area contributed by atoms with E-state index in [9.17, 15) is 0 Å². The van der Waals surface area contributed by atoms with Gasteiger partial charge in [0.1, 0.15) is 0 Å². The molecule has 0 saturated carbocycles. The molecule has 0 aliphatic rings. The Labute approximate surface area is 169 Å². The van der Waals surface area contributed by atoms with Crippen LogP contribution in [-0.4, -0.2) is 20.9 Å². The average Bonchev–Trinajstić information content (AvgIpc) is 3.33. The predicted octanol–water partition coefficient (Wildman–Crippen LogP) is 5.36. The van der Waals surface area contributed by atoms with E-state index in [0.29, 0.717) is 14.8 Å². The number of hydrogen-bond acceptors (Lipinski definition) is 4. The standard InChI is InChI=1S/C19H13Cl2N5S/c20-13-5-6-17(21)16(9-13)18-12-27-19(25-15-4-1-7-22-10-15)26(18)24-11-14-3-2-8-23-14/h1-12,23H. The number of nitrogens with one attached hydrogen (secondary N) is 1. The number of pyridine rings is 1. The monoisotopic (exact) mass is 413 g/mol. The van der Waals surface area contributed by atoms with Crippen LogP contribution >= 0.6 is 34.5 Å². The van der Waals surface area contributed by atoms with Crippen molar-refractivity contribution in [3.05, 3.63) is 87.0 Å². The Balaban J connectivity index is 1.89. The van der Waals surface area contributed by atoms with Crippen LogP contribution in [0.25, 0.3) is 11.3 Å². The lowest BCUT2D eigenvalue weighted by molar-refractivity contribution is 0.853. The van der Waals surface area contributed by atoms with Crippen molar-refractivity contribution in [3.8, 4) is 11.3 Å². The van der Waals surface area contributed by atoms with E-state index in [4.69, 9.17) is 23.2 Å². The summed E-state index contributed by atoms with van der Waals surface area (Å²) in [6, 6.07) is 12.9. The Kier molecular flexibility index (Phi) is 5.20. The molecular weight excluding hydrogens is 401 g/mol. The maximum absolute atomic E-state index is 6.41. The van der Waals surface area contributed by atoms with Gasteiger partial charge in [-0.15, -0.1) is 11.3 Å². The van der Waals surface area contributed by atoms with Crippen LogP contribution in [-0.2, 0) is 0 Å². The number of hydrogen-bond donors (Lipinski definition) is 1. The molecule has 0 fully saturated rings. The van der Waals surface area contributed by atoms with Gasteiger partial charge in [-0.3, -0.25) is 4.98 Å². The van der Waals surface area contributed by atoms with Crippen LogP contribution in [0.4, 0.5) is 5.69 Å². The van der Waals surface area contributed by atoms with Gasteiger partial charge in [0.25, 0.3) is 0 Å². The largest absolute Gasteiger partial charge is 0.360 e. The highest BCUT2D eigenvalue weighted by Gasteiger charge is 2.12. The zero-order valence-corrected chi connectivity index (χ0v) is 16.2. The molecule has 0 saturated heterocycles. The maximum atomic E-state index is 6.41. The number of nitrogens with zero attached hydrogens (tertiary/aromatic N) is 4. The van der Waals surface area contributed by atoms with Gasteiger partial charge in [-0.1, -0.05) is 23.2 Å². The van der Waals surface area contributed by atoms with Crippen molar-refractivity contribution in [1.82, 2.24) is 14.6 Å². The fourth-order valence-corrected chi connectivity index (χ4v) is 3.68. The smallest absolute Gasteiger partial charge is 0.211 e. The van der Waals surface area contributed by atoms with Gasteiger partial charge in [0.05, 0.1) is 34.5 Å². The summed E-state index contributed by atoms with van der Waals surface area (Å²) < 4.78 is 1.75. The zero-order chi connectivity index (χ0) is 18.6. The van der Waals surface area contributed by atoms with Gasteiger partial charge in [0.2, 0.25) is 4.80 Å². The number of H-pyrrole nitrogens is 1. The number of aromatic amines is 1. The topological polar surface area (TPSA) is 58.3 Å². The van der Waals surface area contributed by atoms with Crippen molar-refractivity contribution in [1.29, 1.82) is 0 Å². The first-order valence-corrected chi connectivity index (χ1v) is 9.63. The van der Waals surface area contributed by atoms with Crippen molar-refractivity contribution >= 4 is 46.4 Å². The highest BCUT2D eigenvalue weighted by Crippen LogP contribution is 2.31. The second-order valence-corrected chi connectivity index (χ2v) is 7.21. The number of benzene rings is 1. The Bertz CT molecular complexity index is 1140. The highest BCUT2D eigenvalue weighted by atomic mass is 35.5. The normalized spacial score (nSPS) is 12.1. The molecule has 0 unspecified atom stereocenters. The number of aromatic nitrogens is 3. The predicted molar refractivity (Wildman–Crippen MR) is 111 cm³/mol. The van der Waals surface area contributed by atoms with Gasteiger partial charge in [-0.25, -0.2) is 9.67 Å². The second-order valence-electron chi connectivity index (χ2n) is 5.53. The molecule has 3 aromatic heterocycles. The number of thiazole rings is 1. The molecule has 5 nitrogen and oxygen atoms in total. The Morgan fingerprint density at radius 1 is 1.15 bits per heavy atom. The fraction of sp³-hybridized carbons (Fsp3) is 0. The first-order chi connectivity index (χ1) is 13.2. The molecule has 0 atom stereocenters. The zero-order valence-electron chi connectivity index (χ0n) is 13.9. The number of rotatable bonds is 4. The lowest BCUT2D eigenvalue weighted by Crippen LogP contribution is -2.11. The molecule has 3 heterocycles. The summed E-state index contributed by atoms with van der Waals surface area (Å²) in [6.07, 6.45) is 6.99. The molecule has 27 heavy (non-hydrogen) atoms. The van der Waals surface area contributed by atoms with Crippen LogP contribution in [0, 0.1) is 0 Å². The van der Waals surface area contributed by atoms with Crippen molar-refractivity contribution in [2.45, 2.75) is 0 Å². The summed E-state index contributed by atoms with van der Waals surface area (Å²) >= 11 is 14.0. The van der Waals surface area contributed by atoms with Gasteiger partial charge >= 0.3 is 0 Å². The lowest BCUT2D eigenvalue weighted by atomic mass is 10.2. The Hall–Kier alpha value is -2.67. The molecule has 0 aliphatic carbocycles. The third-order valence-corrected chi connectivity index (χ3v) is 5.08.